The maximum Gasteiger partial charge on any atom is 0.0872 e. The highest BCUT2D eigenvalue weighted by atomic mass is 16.3. The third-order valence-corrected chi connectivity index (χ3v) is 5.09. The molecule has 0 bridgehead atoms. The fourth-order valence-corrected chi connectivity index (χ4v) is 3.62. The van der Waals surface area contributed by atoms with E-state index in [4.69, 9.17) is 0 Å². The fourth-order valence-electron chi connectivity index (χ4n) is 3.62. The van der Waals surface area contributed by atoms with Gasteiger partial charge in [0.25, 0.3) is 0 Å². The number of aryl methyl sites for hydroxylation is 1. The number of rotatable bonds is 2. The van der Waals surface area contributed by atoms with Crippen molar-refractivity contribution in [1.29, 1.82) is 0 Å². The minimum Gasteiger partial charge on any atom is -0.388 e. The molecule has 0 radical (unpaired) electrons. The molecule has 1 fully saturated rings. The molecule has 2 aliphatic rings. The molecule has 3 heteroatoms. The van der Waals surface area contributed by atoms with E-state index in [0.29, 0.717) is 6.04 Å². The Morgan fingerprint density at radius 3 is 2.65 bits per heavy atom. The number of benzene rings is 1. The lowest BCUT2D eigenvalue weighted by Crippen LogP contribution is -2.56. The van der Waals surface area contributed by atoms with Gasteiger partial charge >= 0.3 is 0 Å². The smallest absolute Gasteiger partial charge is 0.0872 e. The third-order valence-electron chi connectivity index (χ3n) is 5.09. The van der Waals surface area contributed by atoms with Crippen LogP contribution < -0.4 is 5.32 Å². The third kappa shape index (κ3) is 2.57. The molecule has 0 aromatic heterocycles. The summed E-state index contributed by atoms with van der Waals surface area (Å²) in [6.07, 6.45) is 3.87. The van der Waals surface area contributed by atoms with Crippen LogP contribution in [0.5, 0.6) is 0 Å². The van der Waals surface area contributed by atoms with Crippen molar-refractivity contribution in [2.75, 3.05) is 18.4 Å². The largest absolute Gasteiger partial charge is 0.388 e. The van der Waals surface area contributed by atoms with E-state index in [9.17, 15) is 5.11 Å². The van der Waals surface area contributed by atoms with Gasteiger partial charge in [0, 0.05) is 24.8 Å². The normalized spacial score (nSPS) is 26.1. The number of likely N-dealkylation sites (tertiary alicyclic amines) is 1. The van der Waals surface area contributed by atoms with Crippen LogP contribution in [0.2, 0.25) is 0 Å². The van der Waals surface area contributed by atoms with Gasteiger partial charge in [-0.3, -0.25) is 0 Å². The standard InChI is InChI=1S/C17H26N2O/c1-13(2)19-11-9-17(20,10-12-19)16-8-7-14-5-3-4-6-15(14)18-16/h3-6,13,16,18,20H,7-12H2,1-2H3. The van der Waals surface area contributed by atoms with E-state index in [2.05, 4.69) is 48.3 Å². The van der Waals surface area contributed by atoms with Gasteiger partial charge in [0.1, 0.15) is 0 Å². The Labute approximate surface area is 122 Å². The molecule has 2 aliphatic heterocycles. The molecule has 0 amide bonds. The highest BCUT2D eigenvalue weighted by Crippen LogP contribution is 2.35. The lowest BCUT2D eigenvalue weighted by atomic mass is 9.79. The van der Waals surface area contributed by atoms with Crippen molar-refractivity contribution in [3.05, 3.63) is 29.8 Å². The summed E-state index contributed by atoms with van der Waals surface area (Å²) in [6.45, 7) is 6.49. The lowest BCUT2D eigenvalue weighted by molar-refractivity contribution is -0.0436. The molecule has 20 heavy (non-hydrogen) atoms. The number of hydrogen-bond acceptors (Lipinski definition) is 3. The van der Waals surface area contributed by atoms with E-state index < -0.39 is 5.60 Å². The number of fused-ring (bicyclic) bond motifs is 1. The highest BCUT2D eigenvalue weighted by molar-refractivity contribution is 5.54. The SMILES string of the molecule is CC(C)N1CCC(O)(C2CCc3ccccc3N2)CC1. The van der Waals surface area contributed by atoms with Crippen LogP contribution in [0.3, 0.4) is 0 Å². The molecule has 1 unspecified atom stereocenters. The monoisotopic (exact) mass is 274 g/mol. The Hall–Kier alpha value is -1.06. The maximum absolute atomic E-state index is 11.0. The molecule has 1 atom stereocenters. The van der Waals surface area contributed by atoms with Gasteiger partial charge in [0.15, 0.2) is 0 Å². The molecule has 2 heterocycles. The molecule has 0 aliphatic carbocycles. The minimum absolute atomic E-state index is 0.201. The van der Waals surface area contributed by atoms with E-state index in [0.717, 1.165) is 38.8 Å². The summed E-state index contributed by atoms with van der Waals surface area (Å²) in [6, 6.07) is 9.26. The number of piperidine rings is 1. The van der Waals surface area contributed by atoms with Crippen molar-refractivity contribution >= 4 is 5.69 Å². The van der Waals surface area contributed by atoms with Gasteiger partial charge in [0.05, 0.1) is 11.6 Å². The van der Waals surface area contributed by atoms with Crippen LogP contribution in [0.15, 0.2) is 24.3 Å². The van der Waals surface area contributed by atoms with E-state index in [1.54, 1.807) is 0 Å². The molecular weight excluding hydrogens is 248 g/mol. The quantitative estimate of drug-likeness (QED) is 0.870. The van der Waals surface area contributed by atoms with Crippen LogP contribution in [-0.2, 0) is 6.42 Å². The zero-order valence-corrected chi connectivity index (χ0v) is 12.6. The van der Waals surface area contributed by atoms with Crippen molar-refractivity contribution in [3.63, 3.8) is 0 Å². The van der Waals surface area contributed by atoms with Gasteiger partial charge in [-0.2, -0.15) is 0 Å². The Balaban J connectivity index is 1.69. The van der Waals surface area contributed by atoms with E-state index >= 15 is 0 Å². The summed E-state index contributed by atoms with van der Waals surface area (Å²) in [5.41, 5.74) is 2.05. The van der Waals surface area contributed by atoms with Gasteiger partial charge in [-0.25, -0.2) is 0 Å². The van der Waals surface area contributed by atoms with E-state index in [1.165, 1.54) is 11.3 Å². The summed E-state index contributed by atoms with van der Waals surface area (Å²) in [5, 5.41) is 14.6. The Morgan fingerprint density at radius 1 is 1.25 bits per heavy atom. The fraction of sp³-hybridized carbons (Fsp3) is 0.647. The number of nitrogens with zero attached hydrogens (tertiary/aromatic N) is 1. The van der Waals surface area contributed by atoms with Gasteiger partial charge < -0.3 is 15.3 Å². The first kappa shape index (κ1) is 13.9. The topological polar surface area (TPSA) is 35.5 Å². The second kappa shape index (κ2) is 5.38. The number of aliphatic hydroxyl groups is 1. The summed E-state index contributed by atoms with van der Waals surface area (Å²) < 4.78 is 0. The average Bonchev–Trinajstić information content (AvgIpc) is 2.47. The van der Waals surface area contributed by atoms with Gasteiger partial charge in [-0.1, -0.05) is 18.2 Å². The summed E-state index contributed by atoms with van der Waals surface area (Å²) in [5.74, 6) is 0. The average molecular weight is 274 g/mol. The molecule has 1 aromatic rings. The molecule has 3 nitrogen and oxygen atoms in total. The molecular formula is C17H26N2O. The summed E-state index contributed by atoms with van der Waals surface area (Å²) >= 11 is 0. The van der Waals surface area contributed by atoms with Crippen LogP contribution in [0.4, 0.5) is 5.69 Å². The number of nitrogens with one attached hydrogen (secondary N) is 1. The molecule has 2 N–H and O–H groups in total. The first-order chi connectivity index (χ1) is 9.58. The summed E-state index contributed by atoms with van der Waals surface area (Å²) in [7, 11) is 0. The van der Waals surface area contributed by atoms with E-state index in [1.807, 2.05) is 0 Å². The first-order valence-electron chi connectivity index (χ1n) is 7.89. The van der Waals surface area contributed by atoms with Gasteiger partial charge in [0.2, 0.25) is 0 Å². The van der Waals surface area contributed by atoms with Crippen molar-refractivity contribution in [2.24, 2.45) is 0 Å². The van der Waals surface area contributed by atoms with Crippen molar-refractivity contribution < 1.29 is 5.11 Å². The number of hydrogen-bond donors (Lipinski definition) is 2. The first-order valence-corrected chi connectivity index (χ1v) is 7.89. The lowest BCUT2D eigenvalue weighted by Gasteiger charge is -2.46. The summed E-state index contributed by atoms with van der Waals surface area (Å²) in [4.78, 5) is 2.46. The Bertz CT molecular complexity index is 464. The second-order valence-corrected chi connectivity index (χ2v) is 6.63. The van der Waals surface area contributed by atoms with Crippen LogP contribution in [0.1, 0.15) is 38.7 Å². The predicted octanol–water partition coefficient (Wildman–Crippen LogP) is 2.65. The molecule has 110 valence electrons. The minimum atomic E-state index is -0.543. The maximum atomic E-state index is 11.0. The molecule has 1 saturated heterocycles. The van der Waals surface area contributed by atoms with Crippen molar-refractivity contribution in [1.82, 2.24) is 4.90 Å². The zero-order chi connectivity index (χ0) is 14.2. The van der Waals surface area contributed by atoms with Crippen LogP contribution >= 0.6 is 0 Å². The highest BCUT2D eigenvalue weighted by Gasteiger charge is 2.41. The second-order valence-electron chi connectivity index (χ2n) is 6.63. The Morgan fingerprint density at radius 2 is 1.95 bits per heavy atom. The van der Waals surface area contributed by atoms with Crippen molar-refractivity contribution in [2.45, 2.75) is 57.2 Å². The number of para-hydroxylation sites is 1. The molecule has 0 saturated carbocycles. The molecule has 0 spiro atoms. The van der Waals surface area contributed by atoms with Crippen LogP contribution in [-0.4, -0.2) is 40.8 Å². The van der Waals surface area contributed by atoms with Crippen LogP contribution in [0.25, 0.3) is 0 Å². The molecule has 1 aromatic carbocycles. The zero-order valence-electron chi connectivity index (χ0n) is 12.6. The number of anilines is 1. The Kier molecular flexibility index (Phi) is 3.74. The predicted molar refractivity (Wildman–Crippen MR) is 83.1 cm³/mol. The van der Waals surface area contributed by atoms with Crippen molar-refractivity contribution in [3.8, 4) is 0 Å². The van der Waals surface area contributed by atoms with E-state index in [-0.39, 0.29) is 6.04 Å². The van der Waals surface area contributed by atoms with Crippen LogP contribution in [0, 0.1) is 0 Å². The van der Waals surface area contributed by atoms with Gasteiger partial charge in [-0.05, 0) is 51.2 Å². The molecule has 3 rings (SSSR count). The van der Waals surface area contributed by atoms with Gasteiger partial charge in [-0.15, -0.1) is 0 Å².